The number of rotatable bonds is 8. The van der Waals surface area contributed by atoms with E-state index in [1.807, 2.05) is 22.9 Å². The average Bonchev–Trinajstić information content (AvgIpc) is 3.56. The van der Waals surface area contributed by atoms with Gasteiger partial charge < -0.3 is 9.40 Å². The van der Waals surface area contributed by atoms with Crippen LogP contribution in [-0.4, -0.2) is 30.1 Å². The van der Waals surface area contributed by atoms with Crippen LogP contribution in [0, 0.1) is 13.8 Å². The van der Waals surface area contributed by atoms with Crippen LogP contribution in [0.5, 0.6) is 0 Å². The van der Waals surface area contributed by atoms with Crippen molar-refractivity contribution in [2.24, 2.45) is 0 Å². The van der Waals surface area contributed by atoms with Gasteiger partial charge in [-0.2, -0.15) is 0 Å². The lowest BCUT2D eigenvalue weighted by Gasteiger charge is -2.31. The summed E-state index contributed by atoms with van der Waals surface area (Å²) in [6, 6.07) is 10.4. The summed E-state index contributed by atoms with van der Waals surface area (Å²) in [5.74, 6) is 1.72. The van der Waals surface area contributed by atoms with E-state index in [2.05, 4.69) is 58.3 Å². The Morgan fingerprint density at radius 3 is 2.74 bits per heavy atom. The van der Waals surface area contributed by atoms with Gasteiger partial charge in [-0.15, -0.1) is 5.10 Å². The highest BCUT2D eigenvalue weighted by atomic mass is 16.3. The van der Waals surface area contributed by atoms with Crippen LogP contribution in [0.25, 0.3) is 10.9 Å². The maximum Gasteiger partial charge on any atom is 0.252 e. The molecule has 4 aromatic rings. The lowest BCUT2D eigenvalue weighted by atomic mass is 9.95. The van der Waals surface area contributed by atoms with Crippen molar-refractivity contribution in [2.75, 3.05) is 0 Å². The molecule has 1 atom stereocenters. The highest BCUT2D eigenvalue weighted by molar-refractivity contribution is 5.83. The maximum atomic E-state index is 13.2. The van der Waals surface area contributed by atoms with E-state index in [4.69, 9.17) is 4.42 Å². The van der Waals surface area contributed by atoms with E-state index in [9.17, 15) is 4.79 Å². The first kappa shape index (κ1) is 23.5. The highest BCUT2D eigenvalue weighted by Crippen LogP contribution is 2.33. The lowest BCUT2D eigenvalue weighted by molar-refractivity contribution is 0.144. The van der Waals surface area contributed by atoms with Crippen molar-refractivity contribution in [3.05, 3.63) is 75.2 Å². The molecule has 0 radical (unpaired) electrons. The molecule has 0 spiro atoms. The summed E-state index contributed by atoms with van der Waals surface area (Å²) in [5.41, 5.74) is 3.85. The zero-order valence-corrected chi connectivity index (χ0v) is 20.8. The molecule has 8 heteroatoms. The summed E-state index contributed by atoms with van der Waals surface area (Å²) < 4.78 is 7.74. The second-order valence-electron chi connectivity index (χ2n) is 9.78. The largest absolute Gasteiger partial charge is 0.468 e. The molecule has 3 heterocycles. The summed E-state index contributed by atoms with van der Waals surface area (Å²) in [6.07, 6.45) is 8.42. The first-order valence-electron chi connectivity index (χ1n) is 12.7. The number of H-pyrrole nitrogens is 1. The van der Waals surface area contributed by atoms with E-state index in [1.165, 1.54) is 24.8 Å². The number of aryl methyl sites for hydroxylation is 2. The fourth-order valence-electron chi connectivity index (χ4n) is 5.39. The Bertz CT molecular complexity index is 1330. The van der Waals surface area contributed by atoms with E-state index in [0.29, 0.717) is 19.1 Å². The molecule has 1 N–H and O–H groups in total. The second kappa shape index (κ2) is 10.2. The van der Waals surface area contributed by atoms with Gasteiger partial charge in [-0.25, -0.2) is 4.68 Å². The molecule has 1 saturated carbocycles. The number of aromatic nitrogens is 5. The Morgan fingerprint density at radius 1 is 1.17 bits per heavy atom. The van der Waals surface area contributed by atoms with Gasteiger partial charge in [0.1, 0.15) is 5.76 Å². The minimum Gasteiger partial charge on any atom is -0.468 e. The van der Waals surface area contributed by atoms with E-state index in [1.54, 1.807) is 6.26 Å². The third-order valence-corrected chi connectivity index (χ3v) is 7.50. The molecule has 0 unspecified atom stereocenters. The summed E-state index contributed by atoms with van der Waals surface area (Å²) in [4.78, 5) is 18.6. The zero-order valence-electron chi connectivity index (χ0n) is 20.8. The third-order valence-electron chi connectivity index (χ3n) is 7.50. The van der Waals surface area contributed by atoms with Gasteiger partial charge in [0, 0.05) is 12.1 Å². The van der Waals surface area contributed by atoms with Crippen molar-refractivity contribution in [1.82, 2.24) is 30.1 Å². The molecule has 1 aromatic carbocycles. The molecule has 0 aliphatic heterocycles. The molecular weight excluding hydrogens is 440 g/mol. The second-order valence-corrected chi connectivity index (χ2v) is 9.78. The van der Waals surface area contributed by atoms with Crippen LogP contribution < -0.4 is 5.56 Å². The molecule has 1 aliphatic rings. The predicted octanol–water partition coefficient (Wildman–Crippen LogP) is 5.38. The Labute approximate surface area is 205 Å². The Morgan fingerprint density at radius 2 is 2.00 bits per heavy atom. The van der Waals surface area contributed by atoms with E-state index < -0.39 is 0 Å². The number of fused-ring (bicyclic) bond motifs is 1. The Balaban J connectivity index is 1.52. The van der Waals surface area contributed by atoms with E-state index in [-0.39, 0.29) is 11.6 Å². The van der Waals surface area contributed by atoms with Crippen LogP contribution in [0.4, 0.5) is 0 Å². The van der Waals surface area contributed by atoms with Crippen LogP contribution in [-0.2, 0) is 13.1 Å². The smallest absolute Gasteiger partial charge is 0.252 e. The fourth-order valence-corrected chi connectivity index (χ4v) is 5.39. The average molecular weight is 475 g/mol. The number of tetrazole rings is 1. The van der Waals surface area contributed by atoms with Crippen molar-refractivity contribution < 1.29 is 4.42 Å². The first-order chi connectivity index (χ1) is 17.0. The Kier molecular flexibility index (Phi) is 6.81. The number of hydrogen-bond donors (Lipinski definition) is 1. The molecule has 184 valence electrons. The van der Waals surface area contributed by atoms with Crippen molar-refractivity contribution in [1.29, 1.82) is 0 Å². The van der Waals surface area contributed by atoms with Crippen molar-refractivity contribution in [2.45, 2.75) is 84.5 Å². The van der Waals surface area contributed by atoms with Gasteiger partial charge in [-0.3, -0.25) is 9.69 Å². The molecule has 0 bridgehead atoms. The quantitative estimate of drug-likeness (QED) is 0.368. The molecule has 1 fully saturated rings. The van der Waals surface area contributed by atoms with Crippen molar-refractivity contribution in [3.8, 4) is 0 Å². The van der Waals surface area contributed by atoms with Crippen LogP contribution in [0.2, 0.25) is 0 Å². The number of pyridine rings is 1. The summed E-state index contributed by atoms with van der Waals surface area (Å²) >= 11 is 0. The van der Waals surface area contributed by atoms with Crippen molar-refractivity contribution in [3.63, 3.8) is 0 Å². The number of nitrogens with zero attached hydrogens (tertiary/aromatic N) is 5. The summed E-state index contributed by atoms with van der Waals surface area (Å²) in [7, 11) is 0. The number of benzene rings is 1. The predicted molar refractivity (Wildman–Crippen MR) is 135 cm³/mol. The molecule has 5 rings (SSSR count). The first-order valence-corrected chi connectivity index (χ1v) is 12.7. The molecule has 35 heavy (non-hydrogen) atoms. The molecule has 1 aliphatic carbocycles. The molecule has 3 aromatic heterocycles. The van der Waals surface area contributed by atoms with Crippen molar-refractivity contribution >= 4 is 10.9 Å². The van der Waals surface area contributed by atoms with E-state index >= 15 is 0 Å². The number of aromatic amines is 1. The van der Waals surface area contributed by atoms with Crippen LogP contribution >= 0.6 is 0 Å². The van der Waals surface area contributed by atoms with Gasteiger partial charge >= 0.3 is 0 Å². The summed E-state index contributed by atoms with van der Waals surface area (Å²) in [5, 5.41) is 14.0. The number of furan rings is 1. The van der Waals surface area contributed by atoms with Gasteiger partial charge in [0.15, 0.2) is 5.82 Å². The van der Waals surface area contributed by atoms with Gasteiger partial charge in [0.05, 0.1) is 30.4 Å². The topological polar surface area (TPSA) is 92.8 Å². The summed E-state index contributed by atoms with van der Waals surface area (Å²) in [6.45, 7) is 7.29. The highest BCUT2D eigenvalue weighted by Gasteiger charge is 2.29. The monoisotopic (exact) mass is 474 g/mol. The zero-order chi connectivity index (χ0) is 24.4. The number of nitrogens with one attached hydrogen (secondary N) is 1. The van der Waals surface area contributed by atoms with Gasteiger partial charge in [-0.1, -0.05) is 38.3 Å². The molecule has 8 nitrogen and oxygen atoms in total. The maximum absolute atomic E-state index is 13.2. The fraction of sp³-hybridized carbons (Fsp3) is 0.481. The minimum absolute atomic E-state index is 0.0492. The molecular formula is C27H34N6O2. The molecule has 0 saturated heterocycles. The van der Waals surface area contributed by atoms with Gasteiger partial charge in [0.25, 0.3) is 5.56 Å². The van der Waals surface area contributed by atoms with Crippen LogP contribution in [0.1, 0.15) is 85.8 Å². The van der Waals surface area contributed by atoms with Crippen LogP contribution in [0.15, 0.2) is 45.8 Å². The Hall–Kier alpha value is -3.26. The van der Waals surface area contributed by atoms with Gasteiger partial charge in [0.2, 0.25) is 0 Å². The van der Waals surface area contributed by atoms with E-state index in [0.717, 1.165) is 52.9 Å². The lowest BCUT2D eigenvalue weighted by Crippen LogP contribution is -2.33. The standard InChI is InChI=1S/C27H34N6O2/c1-4-24(26-29-30-31-33(26)22-9-6-5-7-10-22)32(17-23-11-8-14-35-23)16-21-15-20-13-12-18(2)19(3)25(20)28-27(21)34/h8,11-15,22,24H,4-7,9-10,16-17H2,1-3H3,(H,28,34)/t24-/m0/s1. The molecule has 0 amide bonds. The SMILES string of the molecule is CC[C@@H](c1nnnn1C1CCCCC1)N(Cc1ccco1)Cc1cc2ccc(C)c(C)c2[nH]c1=O. The minimum atomic E-state index is -0.0580. The van der Waals surface area contributed by atoms with Gasteiger partial charge in [-0.05, 0) is 78.2 Å². The van der Waals surface area contributed by atoms with Crippen LogP contribution in [0.3, 0.4) is 0 Å². The third kappa shape index (κ3) is 4.80. The number of hydrogen-bond acceptors (Lipinski definition) is 6. The normalized spacial score (nSPS) is 15.8.